The molecule has 1 aliphatic heterocycles. The van der Waals surface area contributed by atoms with E-state index in [0.717, 1.165) is 38.8 Å². The number of amides is 1. The molecule has 0 aromatic heterocycles. The molecule has 1 aliphatic rings. The number of carbonyl (C=O) groups is 1. The molecule has 1 fully saturated rings. The molecule has 0 radical (unpaired) electrons. The normalized spacial score (nSPS) is 24.6. The Morgan fingerprint density at radius 3 is 2.83 bits per heavy atom. The van der Waals surface area contributed by atoms with E-state index >= 15 is 0 Å². The third-order valence-electron chi connectivity index (χ3n) is 3.41. The van der Waals surface area contributed by atoms with E-state index in [1.807, 2.05) is 6.92 Å². The van der Waals surface area contributed by atoms with Crippen LogP contribution in [-0.4, -0.2) is 36.7 Å². The molecule has 1 amide bonds. The molecule has 0 aromatic rings. The van der Waals surface area contributed by atoms with Crippen molar-refractivity contribution < 1.29 is 9.53 Å². The van der Waals surface area contributed by atoms with E-state index in [9.17, 15) is 4.79 Å². The number of carbonyl (C=O) groups excluding carboxylic acids is 1. The standard InChI is InChI=1S/C14H28N2O2/c1-5-6-8-15-13(17)11(2)16-12-7-9-18-14(3,4)10-12/h11-12,16H,5-10H2,1-4H3,(H,15,17). The fourth-order valence-electron chi connectivity index (χ4n) is 2.34. The molecule has 2 N–H and O–H groups in total. The zero-order chi connectivity index (χ0) is 13.6. The Labute approximate surface area is 111 Å². The molecule has 0 saturated carbocycles. The Balaban J connectivity index is 2.30. The van der Waals surface area contributed by atoms with E-state index in [0.29, 0.717) is 6.04 Å². The van der Waals surface area contributed by atoms with Gasteiger partial charge < -0.3 is 15.4 Å². The van der Waals surface area contributed by atoms with Crippen LogP contribution in [0.15, 0.2) is 0 Å². The summed E-state index contributed by atoms with van der Waals surface area (Å²) in [4.78, 5) is 11.8. The second-order valence-corrected chi connectivity index (χ2v) is 5.83. The first-order valence-corrected chi connectivity index (χ1v) is 7.12. The molecule has 1 rings (SSSR count). The summed E-state index contributed by atoms with van der Waals surface area (Å²) in [6.45, 7) is 9.82. The molecule has 0 aliphatic carbocycles. The minimum atomic E-state index is -0.124. The molecule has 106 valence electrons. The van der Waals surface area contributed by atoms with Crippen molar-refractivity contribution in [2.24, 2.45) is 0 Å². The molecule has 1 heterocycles. The maximum absolute atomic E-state index is 11.8. The maximum Gasteiger partial charge on any atom is 0.236 e. The third kappa shape index (κ3) is 5.36. The van der Waals surface area contributed by atoms with Gasteiger partial charge in [0.25, 0.3) is 0 Å². The SMILES string of the molecule is CCCCNC(=O)C(C)NC1CCOC(C)(C)C1. The molecule has 2 atom stereocenters. The van der Waals surface area contributed by atoms with Crippen molar-refractivity contribution >= 4 is 5.91 Å². The van der Waals surface area contributed by atoms with Gasteiger partial charge in [0.1, 0.15) is 0 Å². The van der Waals surface area contributed by atoms with Gasteiger partial charge in [0, 0.05) is 19.2 Å². The van der Waals surface area contributed by atoms with Crippen LogP contribution in [0.3, 0.4) is 0 Å². The molecular formula is C14H28N2O2. The lowest BCUT2D eigenvalue weighted by Crippen LogP contribution is -2.51. The molecule has 0 aromatic carbocycles. The highest BCUT2D eigenvalue weighted by Crippen LogP contribution is 2.24. The monoisotopic (exact) mass is 256 g/mol. The summed E-state index contributed by atoms with van der Waals surface area (Å²) in [5, 5.41) is 6.37. The van der Waals surface area contributed by atoms with E-state index in [-0.39, 0.29) is 17.6 Å². The lowest BCUT2D eigenvalue weighted by atomic mass is 9.93. The van der Waals surface area contributed by atoms with Gasteiger partial charge in [-0.3, -0.25) is 4.79 Å². The average Bonchev–Trinajstić information content (AvgIpc) is 2.27. The Hall–Kier alpha value is -0.610. The van der Waals surface area contributed by atoms with Crippen LogP contribution < -0.4 is 10.6 Å². The Bertz CT molecular complexity index is 267. The second-order valence-electron chi connectivity index (χ2n) is 5.83. The summed E-state index contributed by atoms with van der Waals surface area (Å²) >= 11 is 0. The quantitative estimate of drug-likeness (QED) is 0.713. The second kappa shape index (κ2) is 7.10. The molecule has 0 bridgehead atoms. The largest absolute Gasteiger partial charge is 0.375 e. The van der Waals surface area contributed by atoms with Crippen LogP contribution in [0.4, 0.5) is 0 Å². The van der Waals surface area contributed by atoms with Crippen LogP contribution >= 0.6 is 0 Å². The van der Waals surface area contributed by atoms with Crippen LogP contribution in [0.25, 0.3) is 0 Å². The fraction of sp³-hybridized carbons (Fsp3) is 0.929. The Morgan fingerprint density at radius 1 is 1.50 bits per heavy atom. The van der Waals surface area contributed by atoms with Crippen molar-refractivity contribution in [3.63, 3.8) is 0 Å². The minimum Gasteiger partial charge on any atom is -0.375 e. The summed E-state index contributed by atoms with van der Waals surface area (Å²) in [6, 6.07) is 0.251. The molecule has 2 unspecified atom stereocenters. The van der Waals surface area contributed by atoms with E-state index in [1.165, 1.54) is 0 Å². The van der Waals surface area contributed by atoms with E-state index < -0.39 is 0 Å². The van der Waals surface area contributed by atoms with Crippen molar-refractivity contribution in [3.8, 4) is 0 Å². The fourth-order valence-corrected chi connectivity index (χ4v) is 2.34. The highest BCUT2D eigenvalue weighted by molar-refractivity contribution is 5.81. The van der Waals surface area contributed by atoms with Crippen LogP contribution in [0.2, 0.25) is 0 Å². The number of rotatable bonds is 6. The van der Waals surface area contributed by atoms with Gasteiger partial charge in [-0.2, -0.15) is 0 Å². The van der Waals surface area contributed by atoms with E-state index in [2.05, 4.69) is 31.4 Å². The third-order valence-corrected chi connectivity index (χ3v) is 3.41. The first kappa shape index (κ1) is 15.4. The molecule has 18 heavy (non-hydrogen) atoms. The van der Waals surface area contributed by atoms with Crippen molar-refractivity contribution in [1.29, 1.82) is 0 Å². The zero-order valence-corrected chi connectivity index (χ0v) is 12.2. The minimum absolute atomic E-state index is 0.0751. The number of ether oxygens (including phenoxy) is 1. The predicted octanol–water partition coefficient (Wildman–Crippen LogP) is 1.84. The highest BCUT2D eigenvalue weighted by atomic mass is 16.5. The lowest BCUT2D eigenvalue weighted by Gasteiger charge is -2.37. The Morgan fingerprint density at radius 2 is 2.22 bits per heavy atom. The highest BCUT2D eigenvalue weighted by Gasteiger charge is 2.30. The first-order chi connectivity index (χ1) is 8.44. The number of hydrogen-bond donors (Lipinski definition) is 2. The predicted molar refractivity (Wildman–Crippen MR) is 73.6 cm³/mol. The lowest BCUT2D eigenvalue weighted by molar-refractivity contribution is -0.123. The van der Waals surface area contributed by atoms with Crippen molar-refractivity contribution in [2.75, 3.05) is 13.2 Å². The topological polar surface area (TPSA) is 50.4 Å². The molecule has 4 nitrogen and oxygen atoms in total. The average molecular weight is 256 g/mol. The van der Waals surface area contributed by atoms with Gasteiger partial charge in [0.05, 0.1) is 11.6 Å². The Kier molecular flexibility index (Phi) is 6.09. The molecule has 4 heteroatoms. The summed E-state index contributed by atoms with van der Waals surface area (Å²) in [6.07, 6.45) is 4.09. The van der Waals surface area contributed by atoms with Gasteiger partial charge in [0.15, 0.2) is 0 Å². The van der Waals surface area contributed by atoms with Crippen molar-refractivity contribution in [2.45, 2.75) is 71.1 Å². The number of hydrogen-bond acceptors (Lipinski definition) is 3. The molecular weight excluding hydrogens is 228 g/mol. The molecule has 1 saturated heterocycles. The summed E-state index contributed by atoms with van der Waals surface area (Å²) in [7, 11) is 0. The van der Waals surface area contributed by atoms with Gasteiger partial charge in [-0.05, 0) is 40.0 Å². The van der Waals surface area contributed by atoms with Crippen molar-refractivity contribution in [1.82, 2.24) is 10.6 Å². The number of nitrogens with one attached hydrogen (secondary N) is 2. The van der Waals surface area contributed by atoms with Gasteiger partial charge in [-0.1, -0.05) is 13.3 Å². The maximum atomic E-state index is 11.8. The van der Waals surface area contributed by atoms with Crippen LogP contribution in [0.5, 0.6) is 0 Å². The van der Waals surface area contributed by atoms with Gasteiger partial charge in [-0.25, -0.2) is 0 Å². The van der Waals surface area contributed by atoms with Gasteiger partial charge in [-0.15, -0.1) is 0 Å². The van der Waals surface area contributed by atoms with Crippen LogP contribution in [-0.2, 0) is 9.53 Å². The first-order valence-electron chi connectivity index (χ1n) is 7.12. The van der Waals surface area contributed by atoms with Gasteiger partial charge >= 0.3 is 0 Å². The van der Waals surface area contributed by atoms with E-state index in [4.69, 9.17) is 4.74 Å². The summed E-state index contributed by atoms with van der Waals surface area (Å²) < 4.78 is 5.68. The smallest absolute Gasteiger partial charge is 0.236 e. The van der Waals surface area contributed by atoms with Crippen molar-refractivity contribution in [3.05, 3.63) is 0 Å². The van der Waals surface area contributed by atoms with E-state index in [1.54, 1.807) is 0 Å². The van der Waals surface area contributed by atoms with Crippen LogP contribution in [0, 0.1) is 0 Å². The van der Waals surface area contributed by atoms with Gasteiger partial charge in [0.2, 0.25) is 5.91 Å². The summed E-state index contributed by atoms with van der Waals surface area (Å²) in [5.41, 5.74) is -0.0751. The number of unbranched alkanes of at least 4 members (excludes halogenated alkanes) is 1. The van der Waals surface area contributed by atoms with Crippen LogP contribution in [0.1, 0.15) is 53.4 Å². The zero-order valence-electron chi connectivity index (χ0n) is 12.2. The summed E-state index contributed by atoms with van der Waals surface area (Å²) in [5.74, 6) is 0.104. The molecule has 0 spiro atoms.